The summed E-state index contributed by atoms with van der Waals surface area (Å²) in [6.45, 7) is 0. The number of benzene rings is 2. The summed E-state index contributed by atoms with van der Waals surface area (Å²) < 4.78 is 31.7. The molecule has 2 aromatic heterocycles. The zero-order valence-electron chi connectivity index (χ0n) is 12.6. The maximum atomic E-state index is 14.4. The molecule has 2 aromatic carbocycles. The van der Waals surface area contributed by atoms with Crippen LogP contribution < -0.4 is 5.73 Å². The molecule has 1 aliphatic carbocycles. The fraction of sp³-hybridized carbons (Fsp3) is 0.176. The SMILES string of the molecule is Nc1ccc2ncn(-c3nc4ccc(F)c(F)c4n3C3CC3)c2c1. The minimum Gasteiger partial charge on any atom is -0.399 e. The maximum absolute atomic E-state index is 14.4. The second-order valence-corrected chi connectivity index (χ2v) is 6.10. The number of nitrogens with two attached hydrogens (primary N) is 1. The molecule has 5 rings (SSSR count). The molecule has 2 heterocycles. The van der Waals surface area contributed by atoms with Gasteiger partial charge in [0.1, 0.15) is 11.8 Å². The number of imidazole rings is 2. The molecular weight excluding hydrogens is 312 g/mol. The Morgan fingerprint density at radius 3 is 2.67 bits per heavy atom. The van der Waals surface area contributed by atoms with Gasteiger partial charge in [-0.3, -0.25) is 4.57 Å². The smallest absolute Gasteiger partial charge is 0.217 e. The third kappa shape index (κ3) is 1.78. The Morgan fingerprint density at radius 2 is 1.88 bits per heavy atom. The van der Waals surface area contributed by atoms with Crippen molar-refractivity contribution in [3.05, 3.63) is 48.3 Å². The van der Waals surface area contributed by atoms with E-state index in [1.54, 1.807) is 27.6 Å². The van der Waals surface area contributed by atoms with E-state index in [0.717, 1.165) is 29.9 Å². The summed E-state index contributed by atoms with van der Waals surface area (Å²) in [6, 6.07) is 8.14. The molecule has 0 unspecified atom stereocenters. The molecule has 0 saturated heterocycles. The molecular formula is C17H13F2N5. The van der Waals surface area contributed by atoms with Crippen molar-refractivity contribution in [2.45, 2.75) is 18.9 Å². The third-order valence-electron chi connectivity index (χ3n) is 4.42. The number of fused-ring (bicyclic) bond motifs is 2. The number of halogens is 2. The van der Waals surface area contributed by atoms with Crippen molar-refractivity contribution >= 4 is 27.8 Å². The van der Waals surface area contributed by atoms with E-state index in [0.29, 0.717) is 17.2 Å². The van der Waals surface area contributed by atoms with Crippen LogP contribution in [0.1, 0.15) is 18.9 Å². The summed E-state index contributed by atoms with van der Waals surface area (Å²) >= 11 is 0. The highest BCUT2D eigenvalue weighted by molar-refractivity contribution is 5.83. The van der Waals surface area contributed by atoms with Crippen molar-refractivity contribution < 1.29 is 8.78 Å². The maximum Gasteiger partial charge on any atom is 0.217 e. The largest absolute Gasteiger partial charge is 0.399 e. The molecule has 120 valence electrons. The Morgan fingerprint density at radius 1 is 1.08 bits per heavy atom. The van der Waals surface area contributed by atoms with Crippen LogP contribution in [0.2, 0.25) is 0 Å². The van der Waals surface area contributed by atoms with Crippen LogP contribution in [0.3, 0.4) is 0 Å². The first kappa shape index (κ1) is 13.5. The fourth-order valence-corrected chi connectivity index (χ4v) is 3.14. The van der Waals surface area contributed by atoms with E-state index < -0.39 is 11.6 Å². The highest BCUT2D eigenvalue weighted by Gasteiger charge is 2.31. The van der Waals surface area contributed by atoms with E-state index in [2.05, 4.69) is 9.97 Å². The van der Waals surface area contributed by atoms with Gasteiger partial charge >= 0.3 is 0 Å². The first-order chi connectivity index (χ1) is 11.6. The lowest BCUT2D eigenvalue weighted by molar-refractivity contribution is 0.511. The fourth-order valence-electron chi connectivity index (χ4n) is 3.14. The summed E-state index contributed by atoms with van der Waals surface area (Å²) in [6.07, 6.45) is 3.48. The number of anilines is 1. The Hall–Kier alpha value is -2.96. The van der Waals surface area contributed by atoms with Crippen LogP contribution in [-0.4, -0.2) is 19.1 Å². The van der Waals surface area contributed by atoms with E-state index in [9.17, 15) is 8.78 Å². The third-order valence-corrected chi connectivity index (χ3v) is 4.42. The van der Waals surface area contributed by atoms with Gasteiger partial charge in [0.05, 0.1) is 16.6 Å². The lowest BCUT2D eigenvalue weighted by Gasteiger charge is -2.09. The Labute approximate surface area is 135 Å². The number of nitrogens with zero attached hydrogens (tertiary/aromatic N) is 4. The molecule has 0 aliphatic heterocycles. The van der Waals surface area contributed by atoms with Crippen molar-refractivity contribution in [1.29, 1.82) is 0 Å². The highest BCUT2D eigenvalue weighted by atomic mass is 19.2. The summed E-state index contributed by atoms with van der Waals surface area (Å²) in [4.78, 5) is 8.89. The van der Waals surface area contributed by atoms with Gasteiger partial charge in [0.15, 0.2) is 11.6 Å². The van der Waals surface area contributed by atoms with Gasteiger partial charge in [-0.15, -0.1) is 0 Å². The topological polar surface area (TPSA) is 61.7 Å². The van der Waals surface area contributed by atoms with Gasteiger partial charge in [-0.1, -0.05) is 0 Å². The monoisotopic (exact) mass is 325 g/mol. The van der Waals surface area contributed by atoms with Gasteiger partial charge in [-0.2, -0.15) is 0 Å². The van der Waals surface area contributed by atoms with Gasteiger partial charge in [-0.25, -0.2) is 18.7 Å². The van der Waals surface area contributed by atoms with Crippen LogP contribution in [0.15, 0.2) is 36.7 Å². The van der Waals surface area contributed by atoms with E-state index in [1.165, 1.54) is 6.07 Å². The Bertz CT molecular complexity index is 1110. The lowest BCUT2D eigenvalue weighted by Crippen LogP contribution is -2.06. The Kier molecular flexibility index (Phi) is 2.54. The minimum absolute atomic E-state index is 0.125. The standard InChI is InChI=1S/C17H13F2N5/c18-11-4-6-13-16(15(11)19)24(10-2-3-10)17(22-13)23-8-21-12-5-1-9(20)7-14(12)23/h1,4-8,10H,2-3,20H2. The Balaban J connectivity index is 1.87. The van der Waals surface area contributed by atoms with Gasteiger partial charge in [0.25, 0.3) is 0 Å². The van der Waals surface area contributed by atoms with Gasteiger partial charge in [0, 0.05) is 11.7 Å². The lowest BCUT2D eigenvalue weighted by atomic mass is 10.3. The average molecular weight is 325 g/mol. The van der Waals surface area contributed by atoms with Crippen LogP contribution >= 0.6 is 0 Å². The minimum atomic E-state index is -0.865. The molecule has 4 aromatic rings. The summed E-state index contributed by atoms with van der Waals surface area (Å²) in [5.74, 6) is -1.19. The molecule has 5 nitrogen and oxygen atoms in total. The molecule has 0 amide bonds. The van der Waals surface area contributed by atoms with E-state index in [1.807, 2.05) is 6.07 Å². The van der Waals surface area contributed by atoms with Crippen molar-refractivity contribution in [1.82, 2.24) is 19.1 Å². The van der Waals surface area contributed by atoms with Crippen LogP contribution in [0, 0.1) is 11.6 Å². The van der Waals surface area contributed by atoms with Crippen LogP contribution in [0.5, 0.6) is 0 Å². The normalized spacial score (nSPS) is 14.8. The predicted molar refractivity (Wildman–Crippen MR) is 87.0 cm³/mol. The average Bonchev–Trinajstić information content (AvgIpc) is 3.21. The van der Waals surface area contributed by atoms with Crippen LogP contribution in [0.4, 0.5) is 14.5 Å². The molecule has 24 heavy (non-hydrogen) atoms. The quantitative estimate of drug-likeness (QED) is 0.573. The summed E-state index contributed by atoms with van der Waals surface area (Å²) in [7, 11) is 0. The first-order valence-corrected chi connectivity index (χ1v) is 7.72. The van der Waals surface area contributed by atoms with Gasteiger partial charge < -0.3 is 10.3 Å². The van der Waals surface area contributed by atoms with Crippen molar-refractivity contribution in [2.24, 2.45) is 0 Å². The second kappa shape index (κ2) is 4.53. The van der Waals surface area contributed by atoms with Gasteiger partial charge in [-0.05, 0) is 43.2 Å². The van der Waals surface area contributed by atoms with Crippen molar-refractivity contribution in [3.63, 3.8) is 0 Å². The number of aromatic nitrogens is 4. The van der Waals surface area contributed by atoms with E-state index in [-0.39, 0.29) is 11.6 Å². The molecule has 1 fully saturated rings. The zero-order chi connectivity index (χ0) is 16.4. The molecule has 0 bridgehead atoms. The summed E-state index contributed by atoms with van der Waals surface area (Å²) in [5, 5.41) is 0. The van der Waals surface area contributed by atoms with Crippen molar-refractivity contribution in [2.75, 3.05) is 5.73 Å². The van der Waals surface area contributed by atoms with Crippen LogP contribution in [-0.2, 0) is 0 Å². The molecule has 0 atom stereocenters. The zero-order valence-corrected chi connectivity index (χ0v) is 12.6. The number of hydrogen-bond donors (Lipinski definition) is 1. The van der Waals surface area contributed by atoms with Crippen LogP contribution in [0.25, 0.3) is 28.0 Å². The van der Waals surface area contributed by atoms with Crippen molar-refractivity contribution in [3.8, 4) is 5.95 Å². The number of rotatable bonds is 2. The molecule has 0 radical (unpaired) electrons. The first-order valence-electron chi connectivity index (χ1n) is 7.72. The molecule has 1 aliphatic rings. The highest BCUT2D eigenvalue weighted by Crippen LogP contribution is 2.41. The number of hydrogen-bond acceptors (Lipinski definition) is 3. The molecule has 7 heteroatoms. The predicted octanol–water partition coefficient (Wildman–Crippen LogP) is 3.57. The second-order valence-electron chi connectivity index (χ2n) is 6.10. The molecule has 0 spiro atoms. The van der Waals surface area contributed by atoms with E-state index in [4.69, 9.17) is 5.73 Å². The van der Waals surface area contributed by atoms with Gasteiger partial charge in [0.2, 0.25) is 5.95 Å². The number of nitrogen functional groups attached to an aromatic ring is 1. The molecule has 2 N–H and O–H groups in total. The summed E-state index contributed by atoms with van der Waals surface area (Å²) in [5.41, 5.74) is 8.68. The molecule has 1 saturated carbocycles. The van der Waals surface area contributed by atoms with E-state index >= 15 is 0 Å².